The van der Waals surface area contributed by atoms with Crippen LogP contribution in [0.3, 0.4) is 0 Å². The van der Waals surface area contributed by atoms with Gasteiger partial charge in [-0.15, -0.1) is 0 Å². The van der Waals surface area contributed by atoms with Crippen molar-refractivity contribution in [3.8, 4) is 0 Å². The normalized spacial score (nSPS) is 9.86. The summed E-state index contributed by atoms with van der Waals surface area (Å²) in [6.07, 6.45) is 0. The molecule has 0 aliphatic heterocycles. The number of nitrogens with two attached hydrogens (primary N) is 2. The molecule has 4 heteroatoms. The molecule has 0 aliphatic rings. The summed E-state index contributed by atoms with van der Waals surface area (Å²) in [4.78, 5) is 13.3. The van der Waals surface area contributed by atoms with Crippen molar-refractivity contribution in [2.24, 2.45) is 0 Å². The Morgan fingerprint density at radius 3 is 2.21 bits per heavy atom. The highest BCUT2D eigenvalue weighted by atomic mass is 16.2. The molecular formula is C10H15N3O. The molecule has 76 valence electrons. The molecule has 4 N–H and O–H groups in total. The van der Waals surface area contributed by atoms with Crippen molar-refractivity contribution in [1.29, 1.82) is 0 Å². The van der Waals surface area contributed by atoms with Crippen molar-refractivity contribution < 1.29 is 4.79 Å². The van der Waals surface area contributed by atoms with Gasteiger partial charge in [0.2, 0.25) is 0 Å². The van der Waals surface area contributed by atoms with Gasteiger partial charge in [-0.25, -0.2) is 0 Å². The predicted molar refractivity (Wildman–Crippen MR) is 57.9 cm³/mol. The lowest BCUT2D eigenvalue weighted by atomic mass is 10.1. The van der Waals surface area contributed by atoms with Crippen LogP contribution in [0.15, 0.2) is 18.2 Å². The minimum absolute atomic E-state index is 0.0634. The number of nitrogen functional groups attached to an aromatic ring is 2. The summed E-state index contributed by atoms with van der Waals surface area (Å²) in [6.45, 7) is 2.57. The number of hydrogen-bond acceptors (Lipinski definition) is 3. The largest absolute Gasteiger partial charge is 0.399 e. The molecule has 14 heavy (non-hydrogen) atoms. The van der Waals surface area contributed by atoms with Crippen LogP contribution < -0.4 is 11.5 Å². The van der Waals surface area contributed by atoms with E-state index in [2.05, 4.69) is 0 Å². The van der Waals surface area contributed by atoms with Crippen molar-refractivity contribution in [2.45, 2.75) is 6.92 Å². The van der Waals surface area contributed by atoms with Gasteiger partial charge in [0.1, 0.15) is 0 Å². The molecule has 1 rings (SSSR count). The maximum absolute atomic E-state index is 11.7. The number of hydrogen-bond donors (Lipinski definition) is 2. The third kappa shape index (κ3) is 2.16. The van der Waals surface area contributed by atoms with E-state index in [0.717, 1.165) is 0 Å². The zero-order chi connectivity index (χ0) is 10.7. The van der Waals surface area contributed by atoms with Crippen LogP contribution in [0.5, 0.6) is 0 Å². The van der Waals surface area contributed by atoms with Crippen LogP contribution in [-0.2, 0) is 0 Å². The molecule has 1 aromatic rings. The molecule has 4 nitrogen and oxygen atoms in total. The molecule has 0 spiro atoms. The van der Waals surface area contributed by atoms with Crippen molar-refractivity contribution in [3.05, 3.63) is 23.8 Å². The summed E-state index contributed by atoms with van der Waals surface area (Å²) < 4.78 is 0. The Kier molecular flexibility index (Phi) is 2.96. The minimum Gasteiger partial charge on any atom is -0.399 e. The quantitative estimate of drug-likeness (QED) is 0.687. The van der Waals surface area contributed by atoms with Gasteiger partial charge in [-0.2, -0.15) is 0 Å². The van der Waals surface area contributed by atoms with Crippen molar-refractivity contribution >= 4 is 17.3 Å². The number of carbonyl (C=O) groups is 1. The summed E-state index contributed by atoms with van der Waals surface area (Å²) in [6, 6.07) is 4.89. The van der Waals surface area contributed by atoms with E-state index >= 15 is 0 Å². The molecule has 0 heterocycles. The van der Waals surface area contributed by atoms with E-state index in [1.807, 2.05) is 6.92 Å². The topological polar surface area (TPSA) is 72.3 Å². The highest BCUT2D eigenvalue weighted by Crippen LogP contribution is 2.14. The number of benzene rings is 1. The Bertz CT molecular complexity index is 329. The number of nitrogens with zero attached hydrogens (tertiary/aromatic N) is 1. The Morgan fingerprint density at radius 1 is 1.29 bits per heavy atom. The molecule has 0 fully saturated rings. The molecule has 1 amide bonds. The fourth-order valence-corrected chi connectivity index (χ4v) is 1.16. The van der Waals surface area contributed by atoms with Gasteiger partial charge < -0.3 is 16.4 Å². The first-order valence-electron chi connectivity index (χ1n) is 4.46. The lowest BCUT2D eigenvalue weighted by molar-refractivity contribution is 0.0802. The summed E-state index contributed by atoms with van der Waals surface area (Å²) in [5.41, 5.74) is 12.7. The zero-order valence-electron chi connectivity index (χ0n) is 8.45. The van der Waals surface area contributed by atoms with E-state index in [0.29, 0.717) is 23.5 Å². The molecule has 0 aromatic heterocycles. The van der Waals surface area contributed by atoms with Gasteiger partial charge in [0.15, 0.2) is 0 Å². The third-order valence-corrected chi connectivity index (χ3v) is 2.05. The van der Waals surface area contributed by atoms with E-state index in [1.54, 1.807) is 30.1 Å². The Morgan fingerprint density at radius 2 is 1.79 bits per heavy atom. The summed E-state index contributed by atoms with van der Waals surface area (Å²) >= 11 is 0. The molecule has 0 aliphatic carbocycles. The van der Waals surface area contributed by atoms with Gasteiger partial charge in [-0.3, -0.25) is 4.79 Å². The highest BCUT2D eigenvalue weighted by molar-refractivity contribution is 5.95. The first-order valence-corrected chi connectivity index (χ1v) is 4.46. The molecular weight excluding hydrogens is 178 g/mol. The van der Waals surface area contributed by atoms with Gasteiger partial charge in [-0.1, -0.05) is 0 Å². The number of amides is 1. The van der Waals surface area contributed by atoms with Crippen LogP contribution in [0.25, 0.3) is 0 Å². The summed E-state index contributed by atoms with van der Waals surface area (Å²) in [7, 11) is 1.74. The predicted octanol–water partition coefficient (Wildman–Crippen LogP) is 0.943. The molecule has 1 aromatic carbocycles. The van der Waals surface area contributed by atoms with Gasteiger partial charge in [-0.05, 0) is 25.1 Å². The van der Waals surface area contributed by atoms with Gasteiger partial charge in [0.05, 0.1) is 0 Å². The van der Waals surface area contributed by atoms with Crippen LogP contribution in [0.1, 0.15) is 17.3 Å². The van der Waals surface area contributed by atoms with E-state index in [1.165, 1.54) is 0 Å². The van der Waals surface area contributed by atoms with E-state index < -0.39 is 0 Å². The number of rotatable bonds is 2. The average Bonchev–Trinajstić information content (AvgIpc) is 2.14. The van der Waals surface area contributed by atoms with E-state index in [-0.39, 0.29) is 5.91 Å². The second-order valence-electron chi connectivity index (χ2n) is 3.21. The van der Waals surface area contributed by atoms with Gasteiger partial charge in [0.25, 0.3) is 5.91 Å². The summed E-state index contributed by atoms with van der Waals surface area (Å²) in [5, 5.41) is 0. The second kappa shape index (κ2) is 4.00. The van der Waals surface area contributed by atoms with Crippen molar-refractivity contribution in [2.75, 3.05) is 25.1 Å². The lowest BCUT2D eigenvalue weighted by Gasteiger charge is -2.14. The van der Waals surface area contributed by atoms with Crippen LogP contribution in [0, 0.1) is 0 Å². The SMILES string of the molecule is CCN(C)C(=O)c1cc(N)cc(N)c1. The van der Waals surface area contributed by atoms with Crippen LogP contribution in [0.4, 0.5) is 11.4 Å². The maximum atomic E-state index is 11.7. The van der Waals surface area contributed by atoms with Gasteiger partial charge in [0, 0.05) is 30.5 Å². The van der Waals surface area contributed by atoms with Crippen molar-refractivity contribution in [1.82, 2.24) is 4.90 Å². The van der Waals surface area contributed by atoms with Crippen LogP contribution in [-0.4, -0.2) is 24.4 Å². The standard InChI is InChI=1S/C10H15N3O/c1-3-13(2)10(14)7-4-8(11)6-9(12)5-7/h4-6H,3,11-12H2,1-2H3. The Labute approximate surface area is 83.5 Å². The molecule has 0 atom stereocenters. The fraction of sp³-hybridized carbons (Fsp3) is 0.300. The summed E-state index contributed by atoms with van der Waals surface area (Å²) in [5.74, 6) is -0.0634. The Balaban J connectivity index is 3.01. The lowest BCUT2D eigenvalue weighted by Crippen LogP contribution is -2.26. The fourth-order valence-electron chi connectivity index (χ4n) is 1.16. The average molecular weight is 193 g/mol. The Hall–Kier alpha value is -1.71. The van der Waals surface area contributed by atoms with Crippen molar-refractivity contribution in [3.63, 3.8) is 0 Å². The molecule has 0 saturated heterocycles. The highest BCUT2D eigenvalue weighted by Gasteiger charge is 2.10. The molecule has 0 saturated carbocycles. The molecule has 0 unspecified atom stereocenters. The monoisotopic (exact) mass is 193 g/mol. The number of carbonyl (C=O) groups excluding carboxylic acids is 1. The molecule has 0 bridgehead atoms. The number of anilines is 2. The molecule has 0 radical (unpaired) electrons. The minimum atomic E-state index is -0.0634. The van der Waals surface area contributed by atoms with E-state index in [4.69, 9.17) is 11.5 Å². The smallest absolute Gasteiger partial charge is 0.253 e. The van der Waals surface area contributed by atoms with E-state index in [9.17, 15) is 4.79 Å². The van der Waals surface area contributed by atoms with Gasteiger partial charge >= 0.3 is 0 Å². The first kappa shape index (κ1) is 10.4. The third-order valence-electron chi connectivity index (χ3n) is 2.05. The van der Waals surface area contributed by atoms with Crippen LogP contribution >= 0.6 is 0 Å². The maximum Gasteiger partial charge on any atom is 0.253 e. The zero-order valence-corrected chi connectivity index (χ0v) is 8.45. The first-order chi connectivity index (χ1) is 6.54. The second-order valence-corrected chi connectivity index (χ2v) is 3.21. The van der Waals surface area contributed by atoms with Crippen LogP contribution in [0.2, 0.25) is 0 Å².